The Morgan fingerprint density at radius 2 is 1.51 bits per heavy atom. The molecule has 0 fully saturated rings. The summed E-state index contributed by atoms with van der Waals surface area (Å²) in [7, 11) is 0. The molecule has 2 aromatic rings. The van der Waals surface area contributed by atoms with Crippen LogP contribution in [0.4, 0.5) is 4.79 Å². The van der Waals surface area contributed by atoms with Crippen molar-refractivity contribution in [2.75, 3.05) is 18.6 Å². The molecule has 3 unspecified atom stereocenters. The van der Waals surface area contributed by atoms with Crippen LogP contribution < -0.4 is 10.6 Å². The lowest BCUT2D eigenvalue weighted by molar-refractivity contribution is -0.159. The minimum atomic E-state index is -1.14. The second-order valence-corrected chi connectivity index (χ2v) is 14.3. The van der Waals surface area contributed by atoms with Crippen LogP contribution >= 0.6 is 11.8 Å². The summed E-state index contributed by atoms with van der Waals surface area (Å²) in [5.41, 5.74) is 0.392. The fourth-order valence-corrected chi connectivity index (χ4v) is 5.21. The highest BCUT2D eigenvalue weighted by Crippen LogP contribution is 2.26. The van der Waals surface area contributed by atoms with Gasteiger partial charge in [-0.3, -0.25) is 9.59 Å². The zero-order chi connectivity index (χ0) is 35.2. The molecule has 0 spiro atoms. The number of benzene rings is 2. The Kier molecular flexibility index (Phi) is 15.3. The van der Waals surface area contributed by atoms with Crippen molar-refractivity contribution in [1.29, 1.82) is 0 Å². The fraction of sp³-hybridized carbons (Fsp3) is 0.514. The zero-order valence-electron chi connectivity index (χ0n) is 29.1. The first kappa shape index (κ1) is 39.2. The summed E-state index contributed by atoms with van der Waals surface area (Å²) in [5.74, 6) is 1.58. The third kappa shape index (κ3) is 13.7. The number of unbranched alkanes of at least 4 members (excludes halogenated alkanes) is 1. The largest absolute Gasteiger partial charge is 0.458 e. The van der Waals surface area contributed by atoms with Crippen LogP contribution in [0.2, 0.25) is 0 Å². The molecule has 0 saturated heterocycles. The lowest BCUT2D eigenvalue weighted by Gasteiger charge is -2.35. The first-order valence-electron chi connectivity index (χ1n) is 16.0. The lowest BCUT2D eigenvalue weighted by Crippen LogP contribution is -2.55. The minimum Gasteiger partial charge on any atom is -0.458 e. The SMILES string of the molecule is C#Cc1ccc(C(C(=O)NC(Cc2ccccc2)C(=O)OC(C)(C)C)N(CCCC)C(=O)C(CCSC)NC(=O)OC(C)(C)C)cc1. The number of thioether (sulfide) groups is 1. The lowest BCUT2D eigenvalue weighted by atomic mass is 9.99. The summed E-state index contributed by atoms with van der Waals surface area (Å²) in [5, 5.41) is 5.66. The average Bonchev–Trinajstić information content (AvgIpc) is 2.99. The number of carbonyl (C=O) groups excluding carboxylic acids is 4. The van der Waals surface area contributed by atoms with Crippen molar-refractivity contribution < 1.29 is 28.7 Å². The Balaban J connectivity index is 2.61. The molecule has 0 radical (unpaired) electrons. The number of esters is 1. The van der Waals surface area contributed by atoms with E-state index in [1.165, 1.54) is 16.7 Å². The molecule has 0 aromatic heterocycles. The van der Waals surface area contributed by atoms with Crippen molar-refractivity contribution in [1.82, 2.24) is 15.5 Å². The van der Waals surface area contributed by atoms with Crippen LogP contribution in [0.15, 0.2) is 54.6 Å². The molecule has 0 bridgehead atoms. The highest BCUT2D eigenvalue weighted by Gasteiger charge is 2.38. The summed E-state index contributed by atoms with van der Waals surface area (Å²) in [6, 6.07) is 13.0. The number of nitrogens with one attached hydrogen (secondary N) is 2. The van der Waals surface area contributed by atoms with Crippen LogP contribution in [0.1, 0.15) is 90.5 Å². The molecule has 2 rings (SSSR count). The number of nitrogens with zero attached hydrogens (tertiary/aromatic N) is 1. The Morgan fingerprint density at radius 3 is 2.04 bits per heavy atom. The molecule has 2 N–H and O–H groups in total. The highest BCUT2D eigenvalue weighted by atomic mass is 32.2. The van der Waals surface area contributed by atoms with Crippen LogP contribution in [-0.2, 0) is 30.3 Å². The van der Waals surface area contributed by atoms with Gasteiger partial charge in [0.2, 0.25) is 11.8 Å². The Bertz CT molecular complexity index is 1360. The predicted molar refractivity (Wildman–Crippen MR) is 188 cm³/mol. The summed E-state index contributed by atoms with van der Waals surface area (Å²) >= 11 is 1.54. The van der Waals surface area contributed by atoms with Crippen molar-refractivity contribution in [3.63, 3.8) is 0 Å². The van der Waals surface area contributed by atoms with Crippen molar-refractivity contribution in [2.24, 2.45) is 0 Å². The third-order valence-electron chi connectivity index (χ3n) is 6.88. The monoisotopic (exact) mass is 665 g/mol. The molecule has 0 aliphatic carbocycles. The fourth-order valence-electron chi connectivity index (χ4n) is 4.74. The molecule has 10 heteroatoms. The molecule has 47 heavy (non-hydrogen) atoms. The van der Waals surface area contributed by atoms with E-state index in [1.807, 2.05) is 43.5 Å². The summed E-state index contributed by atoms with van der Waals surface area (Å²) in [6.07, 6.45) is 8.65. The van der Waals surface area contributed by atoms with E-state index < -0.39 is 53.2 Å². The van der Waals surface area contributed by atoms with Crippen LogP contribution in [0.3, 0.4) is 0 Å². The van der Waals surface area contributed by atoms with Gasteiger partial charge in [-0.05, 0) is 89.7 Å². The van der Waals surface area contributed by atoms with Gasteiger partial charge in [-0.1, -0.05) is 61.7 Å². The van der Waals surface area contributed by atoms with E-state index in [0.29, 0.717) is 29.7 Å². The van der Waals surface area contributed by atoms with E-state index >= 15 is 0 Å². The van der Waals surface area contributed by atoms with Gasteiger partial charge in [-0.15, -0.1) is 6.42 Å². The quantitative estimate of drug-likeness (QED) is 0.176. The van der Waals surface area contributed by atoms with E-state index in [1.54, 1.807) is 65.8 Å². The van der Waals surface area contributed by atoms with Gasteiger partial charge in [0.1, 0.15) is 29.3 Å². The van der Waals surface area contributed by atoms with Crippen molar-refractivity contribution >= 4 is 35.6 Å². The second-order valence-electron chi connectivity index (χ2n) is 13.3. The Labute approximate surface area is 284 Å². The van der Waals surface area contributed by atoms with Gasteiger partial charge in [-0.2, -0.15) is 11.8 Å². The summed E-state index contributed by atoms with van der Waals surface area (Å²) in [4.78, 5) is 56.7. The zero-order valence-corrected chi connectivity index (χ0v) is 29.9. The Morgan fingerprint density at radius 1 is 0.894 bits per heavy atom. The molecule has 0 saturated carbocycles. The third-order valence-corrected chi connectivity index (χ3v) is 7.52. The van der Waals surface area contributed by atoms with Gasteiger partial charge in [-0.25, -0.2) is 9.59 Å². The van der Waals surface area contributed by atoms with Gasteiger partial charge in [0.05, 0.1) is 0 Å². The molecule has 0 aliphatic rings. The van der Waals surface area contributed by atoms with Crippen LogP contribution in [0.25, 0.3) is 0 Å². The van der Waals surface area contributed by atoms with E-state index in [2.05, 4.69) is 16.6 Å². The van der Waals surface area contributed by atoms with Gasteiger partial charge >= 0.3 is 12.1 Å². The number of terminal acetylenes is 1. The van der Waals surface area contributed by atoms with Crippen LogP contribution in [0, 0.1) is 12.3 Å². The second kappa shape index (κ2) is 18.4. The molecular weight excluding hydrogens is 614 g/mol. The molecule has 2 aromatic carbocycles. The number of hydrogen-bond donors (Lipinski definition) is 2. The molecule has 3 amide bonds. The van der Waals surface area contributed by atoms with Crippen molar-refractivity contribution in [3.8, 4) is 12.3 Å². The molecule has 9 nitrogen and oxygen atoms in total. The number of alkyl carbamates (subject to hydrolysis) is 1. The normalized spacial score (nSPS) is 13.3. The predicted octanol–water partition coefficient (Wildman–Crippen LogP) is 6.05. The van der Waals surface area contributed by atoms with E-state index in [9.17, 15) is 19.2 Å². The maximum absolute atomic E-state index is 14.5. The summed E-state index contributed by atoms with van der Waals surface area (Å²) < 4.78 is 11.2. The molecular formula is C37H51N3O6S. The first-order valence-corrected chi connectivity index (χ1v) is 17.4. The smallest absolute Gasteiger partial charge is 0.408 e. The number of hydrogen-bond acceptors (Lipinski definition) is 7. The van der Waals surface area contributed by atoms with E-state index in [0.717, 1.165) is 12.0 Å². The first-order chi connectivity index (χ1) is 22.1. The number of rotatable bonds is 15. The maximum Gasteiger partial charge on any atom is 0.408 e. The molecule has 0 aliphatic heterocycles. The van der Waals surface area contributed by atoms with Gasteiger partial charge in [0.25, 0.3) is 0 Å². The van der Waals surface area contributed by atoms with Crippen molar-refractivity contribution in [2.45, 2.75) is 103 Å². The Hall–Kier alpha value is -3.97. The number of carbonyl (C=O) groups is 4. The molecule has 3 atom stereocenters. The number of ether oxygens (including phenoxy) is 2. The molecule has 256 valence electrons. The highest BCUT2D eigenvalue weighted by molar-refractivity contribution is 7.98. The number of amides is 3. The van der Waals surface area contributed by atoms with Crippen LogP contribution in [0.5, 0.6) is 0 Å². The van der Waals surface area contributed by atoms with Gasteiger partial charge < -0.3 is 25.0 Å². The standard InChI is InChI=1S/C37H51N3O6S/c1-10-12-23-40(33(42)29(22-24-47-9)39-35(44)46-37(6,7)8)31(28-20-18-26(11-2)19-21-28)32(41)38-30(34(43)45-36(3,4)5)25-27-16-14-13-15-17-27/h2,13-21,29-31H,10,12,22-25H2,1,3-9H3,(H,38,41)(H,39,44). The van der Waals surface area contributed by atoms with E-state index in [-0.39, 0.29) is 13.0 Å². The molecule has 0 heterocycles. The maximum atomic E-state index is 14.5. The van der Waals surface area contributed by atoms with Crippen LogP contribution in [-0.4, -0.2) is 70.6 Å². The van der Waals surface area contributed by atoms with Gasteiger partial charge in [0.15, 0.2) is 0 Å². The minimum absolute atomic E-state index is 0.184. The average molecular weight is 666 g/mol. The van der Waals surface area contributed by atoms with E-state index in [4.69, 9.17) is 15.9 Å². The topological polar surface area (TPSA) is 114 Å². The van der Waals surface area contributed by atoms with Gasteiger partial charge in [0, 0.05) is 18.5 Å². The summed E-state index contributed by atoms with van der Waals surface area (Å²) in [6.45, 7) is 12.7. The van der Waals surface area contributed by atoms with Crippen molar-refractivity contribution in [3.05, 3.63) is 71.3 Å².